The van der Waals surface area contributed by atoms with Crippen LogP contribution in [0.4, 0.5) is 4.79 Å². The molecular formula is C8H18N2O3. The maximum Gasteiger partial charge on any atom is 0.407 e. The van der Waals surface area contributed by atoms with Gasteiger partial charge in [-0.1, -0.05) is 0 Å². The number of hydrogen-bond donors (Lipinski definition) is 2. The molecule has 0 saturated heterocycles. The molecule has 0 aromatic heterocycles. The first kappa shape index (κ1) is 12.2. The van der Waals surface area contributed by atoms with Crippen molar-refractivity contribution in [1.29, 1.82) is 0 Å². The first-order valence-electron chi connectivity index (χ1n) is 4.21. The molecule has 0 aliphatic carbocycles. The molecule has 0 bridgehead atoms. The van der Waals surface area contributed by atoms with Crippen LogP contribution in [0.1, 0.15) is 20.8 Å². The molecule has 0 fully saturated rings. The molecule has 0 heterocycles. The van der Waals surface area contributed by atoms with E-state index in [1.54, 1.807) is 7.05 Å². The zero-order valence-electron chi connectivity index (χ0n) is 8.64. The fourth-order valence-electron chi connectivity index (χ4n) is 0.620. The molecule has 0 aromatic carbocycles. The molecule has 0 saturated carbocycles. The van der Waals surface area contributed by atoms with Crippen LogP contribution in [-0.2, 0) is 9.57 Å². The van der Waals surface area contributed by atoms with Crippen LogP contribution in [0.3, 0.4) is 0 Å². The molecule has 0 aliphatic rings. The van der Waals surface area contributed by atoms with Gasteiger partial charge in [-0.05, 0) is 20.8 Å². The Bertz CT molecular complexity index is 154. The van der Waals surface area contributed by atoms with Crippen molar-refractivity contribution in [3.8, 4) is 0 Å². The van der Waals surface area contributed by atoms with Crippen LogP contribution in [0.2, 0.25) is 0 Å². The number of alkyl carbamates (subject to hydrolysis) is 1. The van der Waals surface area contributed by atoms with E-state index in [9.17, 15) is 4.79 Å². The van der Waals surface area contributed by atoms with E-state index in [0.29, 0.717) is 13.2 Å². The van der Waals surface area contributed by atoms with Crippen LogP contribution in [0, 0.1) is 0 Å². The van der Waals surface area contributed by atoms with Gasteiger partial charge in [0.15, 0.2) is 0 Å². The van der Waals surface area contributed by atoms with Gasteiger partial charge < -0.3 is 14.9 Å². The monoisotopic (exact) mass is 190 g/mol. The lowest BCUT2D eigenvalue weighted by atomic mass is 10.2. The molecule has 0 spiro atoms. The predicted molar refractivity (Wildman–Crippen MR) is 49.2 cm³/mol. The van der Waals surface area contributed by atoms with Gasteiger partial charge in [0.1, 0.15) is 5.60 Å². The van der Waals surface area contributed by atoms with Gasteiger partial charge in [-0.3, -0.25) is 0 Å². The summed E-state index contributed by atoms with van der Waals surface area (Å²) >= 11 is 0. The summed E-state index contributed by atoms with van der Waals surface area (Å²) < 4.78 is 4.99. The average Bonchev–Trinajstić information content (AvgIpc) is 1.94. The van der Waals surface area contributed by atoms with E-state index in [2.05, 4.69) is 10.8 Å². The Morgan fingerprint density at radius 2 is 2.00 bits per heavy atom. The summed E-state index contributed by atoms with van der Waals surface area (Å²) in [6.07, 6.45) is -0.424. The van der Waals surface area contributed by atoms with Crippen molar-refractivity contribution in [1.82, 2.24) is 10.8 Å². The van der Waals surface area contributed by atoms with Gasteiger partial charge in [0.25, 0.3) is 0 Å². The quantitative estimate of drug-likeness (QED) is 0.505. The van der Waals surface area contributed by atoms with Gasteiger partial charge in [-0.15, -0.1) is 0 Å². The summed E-state index contributed by atoms with van der Waals surface area (Å²) in [4.78, 5) is 15.8. The molecule has 5 nitrogen and oxygen atoms in total. The predicted octanol–water partition coefficient (Wildman–Crippen LogP) is 0.662. The van der Waals surface area contributed by atoms with Crippen molar-refractivity contribution >= 4 is 6.09 Å². The summed E-state index contributed by atoms with van der Waals surface area (Å²) in [6, 6.07) is 0. The first-order chi connectivity index (χ1) is 5.95. The van der Waals surface area contributed by atoms with E-state index in [-0.39, 0.29) is 0 Å². The Morgan fingerprint density at radius 1 is 1.38 bits per heavy atom. The van der Waals surface area contributed by atoms with E-state index >= 15 is 0 Å². The van der Waals surface area contributed by atoms with E-state index in [0.717, 1.165) is 0 Å². The molecule has 0 aromatic rings. The maximum atomic E-state index is 11.0. The Hall–Kier alpha value is -0.810. The highest BCUT2D eigenvalue weighted by Crippen LogP contribution is 2.05. The molecule has 0 unspecified atom stereocenters. The Morgan fingerprint density at radius 3 is 2.46 bits per heavy atom. The number of hydrogen-bond acceptors (Lipinski definition) is 4. The molecule has 5 heteroatoms. The third-order valence-electron chi connectivity index (χ3n) is 1.02. The number of amides is 1. The lowest BCUT2D eigenvalue weighted by molar-refractivity contribution is 0.0407. The topological polar surface area (TPSA) is 59.6 Å². The zero-order chi connectivity index (χ0) is 10.3. The van der Waals surface area contributed by atoms with Crippen molar-refractivity contribution < 1.29 is 14.4 Å². The van der Waals surface area contributed by atoms with E-state index < -0.39 is 11.7 Å². The van der Waals surface area contributed by atoms with Crippen molar-refractivity contribution in [2.75, 3.05) is 20.2 Å². The zero-order valence-corrected chi connectivity index (χ0v) is 8.64. The van der Waals surface area contributed by atoms with Crippen LogP contribution in [0.15, 0.2) is 0 Å². The van der Waals surface area contributed by atoms with Crippen LogP contribution in [-0.4, -0.2) is 31.9 Å². The highest BCUT2D eigenvalue weighted by atomic mass is 16.6. The Labute approximate surface area is 78.7 Å². The second-order valence-electron chi connectivity index (χ2n) is 3.48. The smallest absolute Gasteiger partial charge is 0.407 e. The lowest BCUT2D eigenvalue weighted by Gasteiger charge is -2.19. The normalized spacial score (nSPS) is 11.1. The summed E-state index contributed by atoms with van der Waals surface area (Å²) in [6.45, 7) is 6.29. The van der Waals surface area contributed by atoms with Gasteiger partial charge in [-0.25, -0.2) is 10.3 Å². The third kappa shape index (κ3) is 9.10. The van der Waals surface area contributed by atoms with E-state index in [1.807, 2.05) is 20.8 Å². The lowest BCUT2D eigenvalue weighted by Crippen LogP contribution is -2.34. The van der Waals surface area contributed by atoms with Crippen molar-refractivity contribution in [2.24, 2.45) is 0 Å². The number of carbonyl (C=O) groups excluding carboxylic acids is 1. The molecule has 78 valence electrons. The molecule has 2 N–H and O–H groups in total. The summed E-state index contributed by atoms with van der Waals surface area (Å²) in [5.41, 5.74) is 2.05. The van der Waals surface area contributed by atoms with Gasteiger partial charge >= 0.3 is 6.09 Å². The van der Waals surface area contributed by atoms with Gasteiger partial charge in [0, 0.05) is 13.6 Å². The van der Waals surface area contributed by atoms with Gasteiger partial charge in [0.05, 0.1) is 6.61 Å². The molecule has 0 atom stereocenters. The van der Waals surface area contributed by atoms with Gasteiger partial charge in [-0.2, -0.15) is 0 Å². The Kier molecular flexibility index (Phi) is 5.41. The summed E-state index contributed by atoms with van der Waals surface area (Å²) in [5.74, 6) is 0. The van der Waals surface area contributed by atoms with Crippen LogP contribution < -0.4 is 10.8 Å². The summed E-state index contributed by atoms with van der Waals surface area (Å²) in [5, 5.41) is 2.55. The molecule has 1 amide bonds. The van der Waals surface area contributed by atoms with Crippen LogP contribution >= 0.6 is 0 Å². The minimum atomic E-state index is -0.450. The fourth-order valence-corrected chi connectivity index (χ4v) is 0.620. The molecular weight excluding hydrogens is 172 g/mol. The van der Waals surface area contributed by atoms with E-state index in [4.69, 9.17) is 9.57 Å². The second kappa shape index (κ2) is 5.77. The molecule has 0 rings (SSSR count). The highest BCUT2D eigenvalue weighted by Gasteiger charge is 2.15. The summed E-state index contributed by atoms with van der Waals surface area (Å²) in [7, 11) is 1.66. The fraction of sp³-hybridized carbons (Fsp3) is 0.875. The number of nitrogens with one attached hydrogen (secondary N) is 2. The van der Waals surface area contributed by atoms with Crippen molar-refractivity contribution in [3.63, 3.8) is 0 Å². The number of hydroxylamine groups is 1. The molecule has 13 heavy (non-hydrogen) atoms. The van der Waals surface area contributed by atoms with E-state index in [1.165, 1.54) is 0 Å². The minimum Gasteiger partial charge on any atom is -0.444 e. The van der Waals surface area contributed by atoms with Crippen molar-refractivity contribution in [3.05, 3.63) is 0 Å². The minimum absolute atomic E-state index is 0.412. The molecule has 0 aliphatic heterocycles. The van der Waals surface area contributed by atoms with Crippen LogP contribution in [0.25, 0.3) is 0 Å². The standard InChI is InChI=1S/C8H18N2O3/c1-8(2,3)13-7(11)10-5-6-12-9-4/h9H,5-6H2,1-4H3,(H,10,11). The number of ether oxygens (including phenoxy) is 1. The largest absolute Gasteiger partial charge is 0.444 e. The maximum absolute atomic E-state index is 11.0. The van der Waals surface area contributed by atoms with Crippen LogP contribution in [0.5, 0.6) is 0 Å². The third-order valence-corrected chi connectivity index (χ3v) is 1.02. The van der Waals surface area contributed by atoms with Gasteiger partial charge in [0.2, 0.25) is 0 Å². The Balaban J connectivity index is 3.41. The SMILES string of the molecule is CNOCCNC(=O)OC(C)(C)C. The molecule has 0 radical (unpaired) electrons. The number of carbonyl (C=O) groups is 1. The first-order valence-corrected chi connectivity index (χ1v) is 4.21. The highest BCUT2D eigenvalue weighted by molar-refractivity contribution is 5.67. The number of rotatable bonds is 4. The van der Waals surface area contributed by atoms with Crippen molar-refractivity contribution in [2.45, 2.75) is 26.4 Å². The second-order valence-corrected chi connectivity index (χ2v) is 3.48. The average molecular weight is 190 g/mol.